The number of ether oxygens (including phenoxy) is 3. The minimum Gasteiger partial charge on any atom is -0.486 e. The van der Waals surface area contributed by atoms with E-state index in [-0.39, 0.29) is 17.7 Å². The third-order valence-corrected chi connectivity index (χ3v) is 5.35. The Morgan fingerprint density at radius 2 is 1.82 bits per heavy atom. The normalized spacial score (nSPS) is 16.1. The minimum atomic E-state index is -0.935. The maximum atomic E-state index is 12.5. The molecule has 2 aromatic rings. The summed E-state index contributed by atoms with van der Waals surface area (Å²) in [5.74, 6) is 0.764. The molecule has 28 heavy (non-hydrogen) atoms. The molecule has 0 saturated heterocycles. The first-order valence-corrected chi connectivity index (χ1v) is 10.2. The van der Waals surface area contributed by atoms with Gasteiger partial charge in [0.05, 0.1) is 5.75 Å². The van der Waals surface area contributed by atoms with Gasteiger partial charge in [-0.1, -0.05) is 30.3 Å². The summed E-state index contributed by atoms with van der Waals surface area (Å²) in [6, 6.07) is 14.8. The highest BCUT2D eigenvalue weighted by Gasteiger charge is 2.30. The van der Waals surface area contributed by atoms with Gasteiger partial charge in [-0.2, -0.15) is 0 Å². The molecule has 1 amide bonds. The Kier molecular flexibility index (Phi) is 5.71. The lowest BCUT2D eigenvalue weighted by molar-refractivity contribution is -0.154. The zero-order valence-corrected chi connectivity index (χ0v) is 16.1. The summed E-state index contributed by atoms with van der Waals surface area (Å²) in [5.41, 5.74) is 0.665. The summed E-state index contributed by atoms with van der Waals surface area (Å²) in [6.07, 6.45) is 1.01. The lowest BCUT2D eigenvalue weighted by Gasteiger charge is -2.19. The molecule has 1 atom stereocenters. The van der Waals surface area contributed by atoms with Crippen molar-refractivity contribution >= 4 is 23.6 Å². The third kappa shape index (κ3) is 4.78. The van der Waals surface area contributed by atoms with Gasteiger partial charge in [0.2, 0.25) is 6.10 Å². The summed E-state index contributed by atoms with van der Waals surface area (Å²) in [6.45, 7) is 1.05. The number of thioether (sulfide) groups is 1. The fourth-order valence-electron chi connectivity index (χ4n) is 2.83. The van der Waals surface area contributed by atoms with Crippen LogP contribution in [0.4, 0.5) is 0 Å². The topological polar surface area (TPSA) is 73.9 Å². The molecule has 1 heterocycles. The van der Waals surface area contributed by atoms with E-state index in [2.05, 4.69) is 5.32 Å². The first kappa shape index (κ1) is 18.7. The molecule has 2 aliphatic rings. The number of amides is 1. The number of carbonyl (C=O) groups is 2. The molecule has 0 spiro atoms. The molecule has 0 radical (unpaired) electrons. The molecule has 1 fully saturated rings. The van der Waals surface area contributed by atoms with Crippen molar-refractivity contribution in [1.29, 1.82) is 0 Å². The van der Waals surface area contributed by atoms with Crippen LogP contribution in [-0.2, 0) is 14.3 Å². The lowest BCUT2D eigenvalue weighted by Crippen LogP contribution is -2.33. The molecule has 0 aromatic heterocycles. The number of esters is 1. The Labute approximate surface area is 167 Å². The van der Waals surface area contributed by atoms with Crippen LogP contribution in [0.5, 0.6) is 11.5 Å². The van der Waals surface area contributed by atoms with E-state index in [4.69, 9.17) is 14.2 Å². The van der Waals surface area contributed by atoms with E-state index in [1.807, 2.05) is 36.4 Å². The zero-order valence-electron chi connectivity index (χ0n) is 15.3. The van der Waals surface area contributed by atoms with Crippen LogP contribution in [0.3, 0.4) is 0 Å². The van der Waals surface area contributed by atoms with Crippen LogP contribution in [-0.4, -0.2) is 36.9 Å². The van der Waals surface area contributed by atoms with Gasteiger partial charge in [0.1, 0.15) is 13.2 Å². The number of nitrogens with one attached hydrogen (secondary N) is 1. The Morgan fingerprint density at radius 1 is 1.07 bits per heavy atom. The van der Waals surface area contributed by atoms with E-state index in [1.54, 1.807) is 12.1 Å². The zero-order chi connectivity index (χ0) is 19.3. The van der Waals surface area contributed by atoms with Crippen LogP contribution >= 0.6 is 11.8 Å². The van der Waals surface area contributed by atoms with E-state index in [9.17, 15) is 9.59 Å². The molecule has 1 saturated carbocycles. The van der Waals surface area contributed by atoms with Crippen molar-refractivity contribution in [2.24, 2.45) is 0 Å². The van der Waals surface area contributed by atoms with Crippen LogP contribution in [0.25, 0.3) is 0 Å². The number of benzene rings is 2. The van der Waals surface area contributed by atoms with Gasteiger partial charge in [-0.3, -0.25) is 9.59 Å². The number of hydrogen-bond donors (Lipinski definition) is 1. The molecule has 4 rings (SSSR count). The number of fused-ring (bicyclic) bond motifs is 1. The molecule has 7 heteroatoms. The maximum absolute atomic E-state index is 12.5. The average Bonchev–Trinajstić information content (AvgIpc) is 3.55. The molecule has 6 nitrogen and oxygen atoms in total. The SMILES string of the molecule is O=C(CSc1ccc2c(c1)OCCO2)O[C@@H](C(=O)NC1CC1)c1ccccc1. The van der Waals surface area contributed by atoms with E-state index >= 15 is 0 Å². The second kappa shape index (κ2) is 8.56. The predicted molar refractivity (Wildman–Crippen MR) is 105 cm³/mol. The monoisotopic (exact) mass is 399 g/mol. The minimum absolute atomic E-state index is 0.0969. The van der Waals surface area contributed by atoms with Crippen molar-refractivity contribution in [3.63, 3.8) is 0 Å². The van der Waals surface area contributed by atoms with Crippen LogP contribution in [0, 0.1) is 0 Å². The molecule has 1 N–H and O–H groups in total. The quantitative estimate of drug-likeness (QED) is 0.570. The highest BCUT2D eigenvalue weighted by atomic mass is 32.2. The highest BCUT2D eigenvalue weighted by molar-refractivity contribution is 8.00. The summed E-state index contributed by atoms with van der Waals surface area (Å²) in [5, 5.41) is 2.91. The first-order valence-electron chi connectivity index (χ1n) is 9.26. The summed E-state index contributed by atoms with van der Waals surface area (Å²) in [7, 11) is 0. The molecule has 1 aliphatic carbocycles. The van der Waals surface area contributed by atoms with Gasteiger partial charge >= 0.3 is 5.97 Å². The smallest absolute Gasteiger partial charge is 0.317 e. The summed E-state index contributed by atoms with van der Waals surface area (Å²) >= 11 is 1.33. The van der Waals surface area contributed by atoms with Gasteiger partial charge in [0.15, 0.2) is 11.5 Å². The van der Waals surface area contributed by atoms with Gasteiger partial charge in [0.25, 0.3) is 5.91 Å². The van der Waals surface area contributed by atoms with E-state index in [0.717, 1.165) is 17.7 Å². The number of rotatable bonds is 7. The number of carbonyl (C=O) groups excluding carboxylic acids is 2. The Hall–Kier alpha value is -2.67. The Balaban J connectivity index is 1.38. The lowest BCUT2D eigenvalue weighted by atomic mass is 10.1. The third-order valence-electron chi connectivity index (χ3n) is 4.38. The van der Waals surface area contributed by atoms with Gasteiger partial charge in [-0.25, -0.2) is 0 Å². The van der Waals surface area contributed by atoms with Gasteiger partial charge in [-0.05, 0) is 31.0 Å². The Morgan fingerprint density at radius 3 is 2.57 bits per heavy atom. The molecule has 1 aliphatic heterocycles. The summed E-state index contributed by atoms with van der Waals surface area (Å²) < 4.78 is 16.6. The van der Waals surface area contributed by atoms with Gasteiger partial charge in [-0.15, -0.1) is 11.8 Å². The van der Waals surface area contributed by atoms with Crippen molar-refractivity contribution < 1.29 is 23.8 Å². The second-order valence-corrected chi connectivity index (χ2v) is 7.71. The predicted octanol–water partition coefficient (Wildman–Crippen LogP) is 3.11. The Bertz CT molecular complexity index is 853. The van der Waals surface area contributed by atoms with Crippen LogP contribution in [0.1, 0.15) is 24.5 Å². The van der Waals surface area contributed by atoms with E-state index in [1.165, 1.54) is 11.8 Å². The van der Waals surface area contributed by atoms with Crippen molar-refractivity contribution in [1.82, 2.24) is 5.32 Å². The largest absolute Gasteiger partial charge is 0.486 e. The average molecular weight is 399 g/mol. The molecule has 2 aromatic carbocycles. The maximum Gasteiger partial charge on any atom is 0.317 e. The van der Waals surface area contributed by atoms with Crippen LogP contribution < -0.4 is 14.8 Å². The summed E-state index contributed by atoms with van der Waals surface area (Å²) in [4.78, 5) is 25.8. The van der Waals surface area contributed by atoms with Gasteiger partial charge < -0.3 is 19.5 Å². The van der Waals surface area contributed by atoms with Gasteiger partial charge in [0, 0.05) is 16.5 Å². The van der Waals surface area contributed by atoms with E-state index < -0.39 is 12.1 Å². The first-order chi connectivity index (χ1) is 13.7. The standard InChI is InChI=1S/C21H21NO5S/c23-19(13-28-16-8-9-17-18(12-16)26-11-10-25-17)27-20(14-4-2-1-3-5-14)21(24)22-15-6-7-15/h1-5,8-9,12,15,20H,6-7,10-11,13H2,(H,22,24)/t20-/m1/s1. The molecule has 0 bridgehead atoms. The van der Waals surface area contributed by atoms with Crippen LogP contribution in [0.2, 0.25) is 0 Å². The molecular formula is C21H21NO5S. The second-order valence-electron chi connectivity index (χ2n) is 6.66. The van der Waals surface area contributed by atoms with Crippen LogP contribution in [0.15, 0.2) is 53.4 Å². The van der Waals surface area contributed by atoms with E-state index in [0.29, 0.717) is 30.3 Å². The van der Waals surface area contributed by atoms with Crippen molar-refractivity contribution in [3.8, 4) is 11.5 Å². The highest BCUT2D eigenvalue weighted by Crippen LogP contribution is 2.34. The molecule has 146 valence electrons. The molecular weight excluding hydrogens is 378 g/mol. The fraction of sp³-hybridized carbons (Fsp3) is 0.333. The fourth-order valence-corrected chi connectivity index (χ4v) is 3.53. The van der Waals surface area contributed by atoms with Crippen molar-refractivity contribution in [3.05, 3.63) is 54.1 Å². The van der Waals surface area contributed by atoms with Crippen molar-refractivity contribution in [2.75, 3.05) is 19.0 Å². The number of hydrogen-bond acceptors (Lipinski definition) is 6. The van der Waals surface area contributed by atoms with Crippen molar-refractivity contribution in [2.45, 2.75) is 29.9 Å². The molecule has 0 unspecified atom stereocenters.